The van der Waals surface area contributed by atoms with Crippen LogP contribution in [0.25, 0.3) is 0 Å². The number of carbonyl (C=O) groups excluding carboxylic acids is 1. The van der Waals surface area contributed by atoms with Crippen molar-refractivity contribution in [1.82, 2.24) is 5.32 Å². The van der Waals surface area contributed by atoms with Crippen LogP contribution in [-0.4, -0.2) is 29.8 Å². The number of ether oxygens (including phenoxy) is 1. The molecule has 0 aliphatic heterocycles. The van der Waals surface area contributed by atoms with Gasteiger partial charge in [-0.2, -0.15) is 0 Å². The lowest BCUT2D eigenvalue weighted by molar-refractivity contribution is 0.0917. The smallest absolute Gasteiger partial charge is 0.251 e. The molecule has 0 saturated heterocycles. The molecular formula is C16H23NO3. The van der Waals surface area contributed by atoms with Crippen molar-refractivity contribution < 1.29 is 14.6 Å². The predicted octanol–water partition coefficient (Wildman–Crippen LogP) is 2.36. The standard InChI is InChI=1S/C16H23NO3/c1-11(2)20-14-8-6-12(7-9-14)16(19)17-10-13-4-3-5-15(13)18/h6-9,11,13,15,18H,3-5,10H2,1-2H3,(H,17,19). The van der Waals surface area contributed by atoms with Crippen LogP contribution < -0.4 is 10.1 Å². The van der Waals surface area contributed by atoms with E-state index in [2.05, 4.69) is 5.32 Å². The molecule has 0 spiro atoms. The molecule has 2 atom stereocenters. The van der Waals surface area contributed by atoms with Crippen LogP contribution in [0.4, 0.5) is 0 Å². The lowest BCUT2D eigenvalue weighted by Gasteiger charge is -2.15. The highest BCUT2D eigenvalue weighted by Gasteiger charge is 2.25. The number of amides is 1. The molecule has 1 amide bonds. The van der Waals surface area contributed by atoms with E-state index in [0.717, 1.165) is 25.0 Å². The van der Waals surface area contributed by atoms with Gasteiger partial charge < -0.3 is 15.2 Å². The highest BCUT2D eigenvalue weighted by molar-refractivity contribution is 5.94. The third-order valence-corrected chi connectivity index (χ3v) is 3.63. The van der Waals surface area contributed by atoms with E-state index in [-0.39, 0.29) is 24.0 Å². The third kappa shape index (κ3) is 3.97. The summed E-state index contributed by atoms with van der Waals surface area (Å²) in [6.45, 7) is 4.48. The topological polar surface area (TPSA) is 58.6 Å². The number of nitrogens with one attached hydrogen (secondary N) is 1. The Morgan fingerprint density at radius 2 is 2.05 bits per heavy atom. The van der Waals surface area contributed by atoms with E-state index < -0.39 is 0 Å². The molecule has 4 nitrogen and oxygen atoms in total. The van der Waals surface area contributed by atoms with Crippen molar-refractivity contribution in [3.8, 4) is 5.75 Å². The highest BCUT2D eigenvalue weighted by atomic mass is 16.5. The zero-order valence-corrected chi connectivity index (χ0v) is 12.1. The van der Waals surface area contributed by atoms with Crippen LogP contribution in [0.1, 0.15) is 43.5 Å². The summed E-state index contributed by atoms with van der Waals surface area (Å²) >= 11 is 0. The van der Waals surface area contributed by atoms with Gasteiger partial charge in [0.1, 0.15) is 5.75 Å². The molecule has 1 saturated carbocycles. The molecule has 1 aromatic rings. The fourth-order valence-electron chi connectivity index (χ4n) is 2.54. The number of benzene rings is 1. The molecular weight excluding hydrogens is 254 g/mol. The van der Waals surface area contributed by atoms with Crippen molar-refractivity contribution in [3.63, 3.8) is 0 Å². The van der Waals surface area contributed by atoms with Gasteiger partial charge in [-0.1, -0.05) is 6.42 Å². The molecule has 110 valence electrons. The minimum absolute atomic E-state index is 0.0970. The summed E-state index contributed by atoms with van der Waals surface area (Å²) in [6, 6.07) is 7.13. The summed E-state index contributed by atoms with van der Waals surface area (Å²) in [7, 11) is 0. The largest absolute Gasteiger partial charge is 0.491 e. The average molecular weight is 277 g/mol. The number of hydrogen-bond acceptors (Lipinski definition) is 3. The molecule has 0 radical (unpaired) electrons. The first-order valence-corrected chi connectivity index (χ1v) is 7.29. The van der Waals surface area contributed by atoms with Gasteiger partial charge in [0, 0.05) is 18.0 Å². The molecule has 0 heterocycles. The van der Waals surface area contributed by atoms with Crippen LogP contribution in [0.3, 0.4) is 0 Å². The molecule has 2 unspecified atom stereocenters. The average Bonchev–Trinajstić information content (AvgIpc) is 2.82. The normalized spacial score (nSPS) is 22.0. The molecule has 1 aliphatic rings. The van der Waals surface area contributed by atoms with Crippen molar-refractivity contribution in [2.75, 3.05) is 6.54 Å². The van der Waals surface area contributed by atoms with Crippen LogP contribution in [0.2, 0.25) is 0 Å². The Kier molecular flexibility index (Phi) is 5.01. The van der Waals surface area contributed by atoms with Gasteiger partial charge in [0.15, 0.2) is 0 Å². The Bertz CT molecular complexity index is 442. The Morgan fingerprint density at radius 3 is 2.60 bits per heavy atom. The first-order valence-electron chi connectivity index (χ1n) is 7.29. The third-order valence-electron chi connectivity index (χ3n) is 3.63. The lowest BCUT2D eigenvalue weighted by Crippen LogP contribution is -2.32. The van der Waals surface area contributed by atoms with Crippen LogP contribution in [0, 0.1) is 5.92 Å². The second-order valence-corrected chi connectivity index (χ2v) is 5.66. The maximum atomic E-state index is 12.0. The van der Waals surface area contributed by atoms with Crippen molar-refractivity contribution in [3.05, 3.63) is 29.8 Å². The molecule has 1 aliphatic carbocycles. The monoisotopic (exact) mass is 277 g/mol. The van der Waals surface area contributed by atoms with Gasteiger partial charge in [-0.25, -0.2) is 0 Å². The van der Waals surface area contributed by atoms with Gasteiger partial charge >= 0.3 is 0 Å². The number of aliphatic hydroxyl groups is 1. The van der Waals surface area contributed by atoms with E-state index in [4.69, 9.17) is 4.74 Å². The van der Waals surface area contributed by atoms with Gasteiger partial charge in [0.25, 0.3) is 5.91 Å². The van der Waals surface area contributed by atoms with Crippen molar-refractivity contribution in [1.29, 1.82) is 0 Å². The zero-order chi connectivity index (χ0) is 14.5. The van der Waals surface area contributed by atoms with E-state index in [0.29, 0.717) is 12.1 Å². The molecule has 0 aromatic heterocycles. The Balaban J connectivity index is 1.85. The van der Waals surface area contributed by atoms with Crippen LogP contribution >= 0.6 is 0 Å². The number of rotatable bonds is 5. The maximum absolute atomic E-state index is 12.0. The van der Waals surface area contributed by atoms with E-state index in [9.17, 15) is 9.90 Å². The van der Waals surface area contributed by atoms with E-state index >= 15 is 0 Å². The first-order chi connectivity index (χ1) is 9.56. The number of aliphatic hydroxyl groups excluding tert-OH is 1. The van der Waals surface area contributed by atoms with Crippen molar-refractivity contribution in [2.24, 2.45) is 5.92 Å². The fourth-order valence-corrected chi connectivity index (χ4v) is 2.54. The van der Waals surface area contributed by atoms with Crippen molar-refractivity contribution in [2.45, 2.75) is 45.3 Å². The van der Waals surface area contributed by atoms with Gasteiger partial charge in [-0.15, -0.1) is 0 Å². The molecule has 4 heteroatoms. The predicted molar refractivity (Wildman–Crippen MR) is 77.9 cm³/mol. The van der Waals surface area contributed by atoms with E-state index in [1.807, 2.05) is 13.8 Å². The Morgan fingerprint density at radius 1 is 1.35 bits per heavy atom. The fraction of sp³-hybridized carbons (Fsp3) is 0.562. The lowest BCUT2D eigenvalue weighted by atomic mass is 10.1. The summed E-state index contributed by atoms with van der Waals surface area (Å²) in [5.74, 6) is 0.866. The Labute approximate surface area is 120 Å². The summed E-state index contributed by atoms with van der Waals surface area (Å²) in [4.78, 5) is 12.0. The summed E-state index contributed by atoms with van der Waals surface area (Å²) in [6.07, 6.45) is 2.74. The summed E-state index contributed by atoms with van der Waals surface area (Å²) < 4.78 is 5.54. The molecule has 1 fully saturated rings. The van der Waals surface area contributed by atoms with Gasteiger partial charge in [-0.3, -0.25) is 4.79 Å². The van der Waals surface area contributed by atoms with Gasteiger partial charge in [0.2, 0.25) is 0 Å². The van der Waals surface area contributed by atoms with Gasteiger partial charge in [-0.05, 0) is 51.0 Å². The number of hydrogen-bond donors (Lipinski definition) is 2. The van der Waals surface area contributed by atoms with Crippen LogP contribution in [-0.2, 0) is 0 Å². The summed E-state index contributed by atoms with van der Waals surface area (Å²) in [5, 5.41) is 12.6. The van der Waals surface area contributed by atoms with Crippen LogP contribution in [0.15, 0.2) is 24.3 Å². The minimum atomic E-state index is -0.267. The molecule has 1 aromatic carbocycles. The first kappa shape index (κ1) is 14.9. The SMILES string of the molecule is CC(C)Oc1ccc(C(=O)NCC2CCCC2O)cc1. The minimum Gasteiger partial charge on any atom is -0.491 e. The maximum Gasteiger partial charge on any atom is 0.251 e. The molecule has 0 bridgehead atoms. The van der Waals surface area contributed by atoms with Crippen molar-refractivity contribution >= 4 is 5.91 Å². The molecule has 2 rings (SSSR count). The molecule has 2 N–H and O–H groups in total. The van der Waals surface area contributed by atoms with E-state index in [1.54, 1.807) is 24.3 Å². The van der Waals surface area contributed by atoms with Gasteiger partial charge in [0.05, 0.1) is 12.2 Å². The van der Waals surface area contributed by atoms with Crippen LogP contribution in [0.5, 0.6) is 5.75 Å². The van der Waals surface area contributed by atoms with E-state index in [1.165, 1.54) is 0 Å². The molecule has 20 heavy (non-hydrogen) atoms. The highest BCUT2D eigenvalue weighted by Crippen LogP contribution is 2.24. The number of carbonyl (C=O) groups is 1. The zero-order valence-electron chi connectivity index (χ0n) is 12.1. The second-order valence-electron chi connectivity index (χ2n) is 5.66. The summed E-state index contributed by atoms with van der Waals surface area (Å²) in [5.41, 5.74) is 0.619. The quantitative estimate of drug-likeness (QED) is 0.868. The second kappa shape index (κ2) is 6.75. The Hall–Kier alpha value is -1.55.